The average Bonchev–Trinajstić information content (AvgIpc) is 3.46. The van der Waals surface area contributed by atoms with Crippen LogP contribution in [0.2, 0.25) is 0 Å². The summed E-state index contributed by atoms with van der Waals surface area (Å²) < 4.78 is 5.62. The fourth-order valence-electron chi connectivity index (χ4n) is 4.16. The van der Waals surface area contributed by atoms with Crippen LogP contribution in [0.4, 0.5) is 11.4 Å². The minimum atomic E-state index is -0.173. The fourth-order valence-corrected chi connectivity index (χ4v) is 4.16. The molecule has 2 aromatic carbocycles. The molecule has 0 radical (unpaired) electrons. The highest BCUT2D eigenvalue weighted by Crippen LogP contribution is 2.28. The molecule has 4 rings (SSSR count). The SMILES string of the molecule is Cc1ccccc1C(=O)Nc1ccc(N2CCCC2)c(C(=O)NCC2CCCO2)c1. The van der Waals surface area contributed by atoms with Crippen molar-refractivity contribution in [1.82, 2.24) is 5.32 Å². The summed E-state index contributed by atoms with van der Waals surface area (Å²) in [6.07, 6.45) is 4.37. The van der Waals surface area contributed by atoms with Crippen molar-refractivity contribution in [3.63, 3.8) is 0 Å². The molecule has 2 aliphatic rings. The second kappa shape index (κ2) is 9.30. The Morgan fingerprint density at radius 2 is 1.83 bits per heavy atom. The second-order valence-corrected chi connectivity index (χ2v) is 8.04. The minimum absolute atomic E-state index is 0.0909. The van der Waals surface area contributed by atoms with E-state index in [4.69, 9.17) is 4.74 Å². The zero-order valence-corrected chi connectivity index (χ0v) is 17.4. The van der Waals surface area contributed by atoms with Gasteiger partial charge < -0.3 is 20.3 Å². The smallest absolute Gasteiger partial charge is 0.255 e. The number of ether oxygens (including phenoxy) is 1. The first-order chi connectivity index (χ1) is 14.6. The predicted molar refractivity (Wildman–Crippen MR) is 118 cm³/mol. The number of carbonyl (C=O) groups is 2. The van der Waals surface area contributed by atoms with Gasteiger partial charge in [0.2, 0.25) is 0 Å². The van der Waals surface area contributed by atoms with Crippen LogP contribution < -0.4 is 15.5 Å². The topological polar surface area (TPSA) is 70.7 Å². The molecule has 6 heteroatoms. The lowest BCUT2D eigenvalue weighted by Crippen LogP contribution is -2.33. The standard InChI is InChI=1S/C24H29N3O3/c1-17-7-2-3-9-20(17)24(29)26-18-10-11-22(27-12-4-5-13-27)21(15-18)23(28)25-16-19-8-6-14-30-19/h2-3,7,9-11,15,19H,4-6,8,12-14,16H2,1H3,(H,25,28)(H,26,29). The maximum absolute atomic E-state index is 13.0. The number of nitrogens with one attached hydrogen (secondary N) is 2. The largest absolute Gasteiger partial charge is 0.376 e. The molecule has 2 amide bonds. The lowest BCUT2D eigenvalue weighted by molar-refractivity contribution is 0.0858. The first-order valence-corrected chi connectivity index (χ1v) is 10.8. The number of rotatable bonds is 6. The van der Waals surface area contributed by atoms with Gasteiger partial charge in [-0.2, -0.15) is 0 Å². The Morgan fingerprint density at radius 1 is 1.03 bits per heavy atom. The molecule has 0 spiro atoms. The molecular weight excluding hydrogens is 378 g/mol. The van der Waals surface area contributed by atoms with Crippen LogP contribution in [0.25, 0.3) is 0 Å². The van der Waals surface area contributed by atoms with Gasteiger partial charge in [-0.15, -0.1) is 0 Å². The summed E-state index contributed by atoms with van der Waals surface area (Å²) in [4.78, 5) is 28.0. The van der Waals surface area contributed by atoms with E-state index in [1.807, 2.05) is 37.3 Å². The summed E-state index contributed by atoms with van der Waals surface area (Å²) in [5.41, 5.74) is 3.68. The van der Waals surface area contributed by atoms with Crippen molar-refractivity contribution in [2.24, 2.45) is 0 Å². The van der Waals surface area contributed by atoms with Crippen LogP contribution >= 0.6 is 0 Å². The normalized spacial score (nSPS) is 18.4. The quantitative estimate of drug-likeness (QED) is 0.765. The van der Waals surface area contributed by atoms with E-state index in [2.05, 4.69) is 15.5 Å². The van der Waals surface area contributed by atoms with Crippen LogP contribution in [-0.2, 0) is 4.74 Å². The second-order valence-electron chi connectivity index (χ2n) is 8.04. The van der Waals surface area contributed by atoms with Gasteiger partial charge in [-0.05, 0) is 62.4 Å². The molecule has 1 atom stereocenters. The highest BCUT2D eigenvalue weighted by molar-refractivity contribution is 6.07. The van der Waals surface area contributed by atoms with Gasteiger partial charge in [0, 0.05) is 43.2 Å². The molecule has 0 aliphatic carbocycles. The molecule has 30 heavy (non-hydrogen) atoms. The highest BCUT2D eigenvalue weighted by Gasteiger charge is 2.22. The van der Waals surface area contributed by atoms with Crippen molar-refractivity contribution in [2.45, 2.75) is 38.7 Å². The van der Waals surface area contributed by atoms with Crippen LogP contribution in [0.3, 0.4) is 0 Å². The molecule has 1 unspecified atom stereocenters. The van der Waals surface area contributed by atoms with E-state index in [1.165, 1.54) is 0 Å². The first-order valence-electron chi connectivity index (χ1n) is 10.8. The van der Waals surface area contributed by atoms with Gasteiger partial charge >= 0.3 is 0 Å². The number of anilines is 2. The first kappa shape index (κ1) is 20.4. The van der Waals surface area contributed by atoms with Crippen LogP contribution in [0.1, 0.15) is 52.0 Å². The van der Waals surface area contributed by atoms with Crippen molar-refractivity contribution < 1.29 is 14.3 Å². The number of hydrogen-bond donors (Lipinski definition) is 2. The molecule has 158 valence electrons. The Balaban J connectivity index is 1.54. The molecule has 2 aliphatic heterocycles. The molecular formula is C24H29N3O3. The van der Waals surface area contributed by atoms with Crippen molar-refractivity contribution in [1.29, 1.82) is 0 Å². The van der Waals surface area contributed by atoms with Gasteiger partial charge in [-0.3, -0.25) is 9.59 Å². The summed E-state index contributed by atoms with van der Waals surface area (Å²) in [5, 5.41) is 5.97. The van der Waals surface area contributed by atoms with Crippen LogP contribution in [-0.4, -0.2) is 44.2 Å². The Hall–Kier alpha value is -2.86. The summed E-state index contributed by atoms with van der Waals surface area (Å²) in [7, 11) is 0. The zero-order valence-electron chi connectivity index (χ0n) is 17.4. The number of hydrogen-bond acceptors (Lipinski definition) is 4. The summed E-state index contributed by atoms with van der Waals surface area (Å²) in [6, 6.07) is 13.1. The third-order valence-electron chi connectivity index (χ3n) is 5.85. The lowest BCUT2D eigenvalue weighted by atomic mass is 10.1. The zero-order chi connectivity index (χ0) is 20.9. The number of benzene rings is 2. The molecule has 0 bridgehead atoms. The van der Waals surface area contributed by atoms with Crippen LogP contribution in [0, 0.1) is 6.92 Å². The summed E-state index contributed by atoms with van der Waals surface area (Å²) >= 11 is 0. The maximum Gasteiger partial charge on any atom is 0.255 e. The van der Waals surface area contributed by atoms with Crippen molar-refractivity contribution >= 4 is 23.2 Å². The third-order valence-corrected chi connectivity index (χ3v) is 5.85. The van der Waals surface area contributed by atoms with Crippen LogP contribution in [0.5, 0.6) is 0 Å². The monoisotopic (exact) mass is 407 g/mol. The third kappa shape index (κ3) is 4.65. The maximum atomic E-state index is 13.0. The molecule has 2 fully saturated rings. The number of carbonyl (C=O) groups excluding carboxylic acids is 2. The Morgan fingerprint density at radius 3 is 2.57 bits per heavy atom. The fraction of sp³-hybridized carbons (Fsp3) is 0.417. The molecule has 2 heterocycles. The number of aryl methyl sites for hydroxylation is 1. The minimum Gasteiger partial charge on any atom is -0.376 e. The Kier molecular flexibility index (Phi) is 6.33. The molecule has 6 nitrogen and oxygen atoms in total. The van der Waals surface area contributed by atoms with E-state index in [-0.39, 0.29) is 17.9 Å². The average molecular weight is 408 g/mol. The molecule has 2 saturated heterocycles. The van der Waals surface area contributed by atoms with Gasteiger partial charge in [-0.25, -0.2) is 0 Å². The van der Waals surface area contributed by atoms with Gasteiger partial charge in [0.1, 0.15) is 0 Å². The molecule has 2 N–H and O–H groups in total. The van der Waals surface area contributed by atoms with Gasteiger partial charge in [-0.1, -0.05) is 18.2 Å². The predicted octanol–water partition coefficient (Wildman–Crippen LogP) is 3.76. The van der Waals surface area contributed by atoms with E-state index >= 15 is 0 Å². The van der Waals surface area contributed by atoms with Crippen molar-refractivity contribution in [3.8, 4) is 0 Å². The lowest BCUT2D eigenvalue weighted by Gasteiger charge is -2.22. The molecule has 2 aromatic rings. The van der Waals surface area contributed by atoms with E-state index in [1.54, 1.807) is 12.1 Å². The summed E-state index contributed by atoms with van der Waals surface area (Å²) in [5.74, 6) is -0.299. The Bertz CT molecular complexity index is 916. The van der Waals surface area contributed by atoms with Gasteiger partial charge in [0.15, 0.2) is 0 Å². The van der Waals surface area contributed by atoms with E-state index in [0.717, 1.165) is 56.6 Å². The number of nitrogens with zero attached hydrogens (tertiary/aromatic N) is 1. The Labute approximate surface area is 177 Å². The van der Waals surface area contributed by atoms with Gasteiger partial charge in [0.05, 0.1) is 11.7 Å². The van der Waals surface area contributed by atoms with Crippen molar-refractivity contribution in [3.05, 3.63) is 59.2 Å². The van der Waals surface area contributed by atoms with Gasteiger partial charge in [0.25, 0.3) is 11.8 Å². The molecule has 0 saturated carbocycles. The number of amides is 2. The summed E-state index contributed by atoms with van der Waals surface area (Å²) in [6.45, 7) is 5.08. The molecule has 0 aromatic heterocycles. The highest BCUT2D eigenvalue weighted by atomic mass is 16.5. The van der Waals surface area contributed by atoms with E-state index in [9.17, 15) is 9.59 Å². The van der Waals surface area contributed by atoms with E-state index < -0.39 is 0 Å². The van der Waals surface area contributed by atoms with Crippen LogP contribution in [0.15, 0.2) is 42.5 Å². The van der Waals surface area contributed by atoms with E-state index in [0.29, 0.717) is 23.4 Å². The van der Waals surface area contributed by atoms with Crippen molar-refractivity contribution in [2.75, 3.05) is 36.5 Å².